The molecule has 3 aromatic rings. The van der Waals surface area contributed by atoms with Crippen LogP contribution in [0.3, 0.4) is 0 Å². The maximum atomic E-state index is 13.9. The Morgan fingerprint density at radius 2 is 1.43 bits per heavy atom. The highest BCUT2D eigenvalue weighted by molar-refractivity contribution is 7.19. The van der Waals surface area contributed by atoms with Crippen LogP contribution >= 0.6 is 11.3 Å². The lowest BCUT2D eigenvalue weighted by molar-refractivity contribution is 0.0940. The quantitative estimate of drug-likeness (QED) is 0.0960. The summed E-state index contributed by atoms with van der Waals surface area (Å²) in [6, 6.07) is 10.8. The van der Waals surface area contributed by atoms with Crippen LogP contribution in [0.5, 0.6) is 0 Å². The first-order valence-electron chi connectivity index (χ1n) is 20.8. The minimum absolute atomic E-state index is 0.120. The van der Waals surface area contributed by atoms with Gasteiger partial charge in [-0.2, -0.15) is 9.94 Å². The van der Waals surface area contributed by atoms with Crippen LogP contribution < -0.4 is 4.90 Å². The number of aryl methyl sites for hydroxylation is 1. The van der Waals surface area contributed by atoms with Gasteiger partial charge in [0.15, 0.2) is 16.8 Å². The third-order valence-electron chi connectivity index (χ3n) is 10.9. The molecule has 0 bridgehead atoms. The molecule has 3 atom stereocenters. The summed E-state index contributed by atoms with van der Waals surface area (Å²) in [5.41, 5.74) is 4.40. The molecule has 1 aliphatic rings. The number of carbonyl (C=O) groups excluding carboxylic acids is 1. The van der Waals surface area contributed by atoms with Crippen LogP contribution in [0.4, 0.5) is 10.1 Å². The van der Waals surface area contributed by atoms with E-state index in [9.17, 15) is 10.1 Å². The van der Waals surface area contributed by atoms with Crippen LogP contribution in [0, 0.1) is 30.1 Å². The molecule has 0 saturated heterocycles. The number of anilines is 1. The van der Waals surface area contributed by atoms with Crippen molar-refractivity contribution in [3.05, 3.63) is 52.6 Å². The fourth-order valence-electron chi connectivity index (χ4n) is 7.28. The number of fused-ring (bicyclic) bond motifs is 1. The number of allylic oxidation sites excluding steroid dienone is 2. The van der Waals surface area contributed by atoms with E-state index in [-0.39, 0.29) is 11.5 Å². The zero-order valence-electron chi connectivity index (χ0n) is 34.0. The number of aromatic nitrogens is 4. The normalized spacial score (nSPS) is 15.5. The third-order valence-corrected chi connectivity index (χ3v) is 11.9. The summed E-state index contributed by atoms with van der Waals surface area (Å²) < 4.78 is 1.36. The average Bonchev–Trinajstić information content (AvgIpc) is 3.81. The topological polar surface area (TPSA) is 100 Å². The highest BCUT2D eigenvalue weighted by Crippen LogP contribution is 2.42. The standard InChI is InChI=1S/C44H65N7OS/c1-9-16-20-32(13-5)29-50(30-33(14-6)21-17-10-2)44-47-38(35-26-24-31(8)25-27-35)42(53-44)46-39-36(23-19-12-4)37(28-45)43(52)51-41(39)48-40(49-51)34(15-7)22-18-11-3/h24-27,32-34H,9-23,29-30H2,1-8H3/b46-39-. The maximum absolute atomic E-state index is 13.9. The second-order valence-corrected chi connectivity index (χ2v) is 16.0. The predicted molar refractivity (Wildman–Crippen MR) is 223 cm³/mol. The molecule has 4 rings (SSSR count). The van der Waals surface area contributed by atoms with Crippen LogP contribution in [0.15, 0.2) is 40.4 Å². The minimum Gasteiger partial charge on any atom is -0.347 e. The van der Waals surface area contributed by atoms with Gasteiger partial charge in [0.1, 0.15) is 28.0 Å². The van der Waals surface area contributed by atoms with Crippen molar-refractivity contribution in [1.29, 1.82) is 5.26 Å². The van der Waals surface area contributed by atoms with Crippen LogP contribution in [0.25, 0.3) is 11.3 Å². The number of benzene rings is 1. The highest BCUT2D eigenvalue weighted by atomic mass is 32.1. The molecule has 0 aliphatic carbocycles. The van der Waals surface area contributed by atoms with Crippen LogP contribution in [0.1, 0.15) is 173 Å². The molecule has 1 aliphatic heterocycles. The molecule has 2 aromatic heterocycles. The van der Waals surface area contributed by atoms with E-state index < -0.39 is 5.91 Å². The number of unbranched alkanes of at least 4 members (excludes halogenated alkanes) is 4. The average molecular weight is 740 g/mol. The van der Waals surface area contributed by atoms with Gasteiger partial charge in [0.25, 0.3) is 5.91 Å². The van der Waals surface area contributed by atoms with Crippen molar-refractivity contribution in [1.82, 2.24) is 19.7 Å². The van der Waals surface area contributed by atoms with Crippen molar-refractivity contribution >= 4 is 33.1 Å². The summed E-state index contributed by atoms with van der Waals surface area (Å²) in [5.74, 6) is 2.02. The van der Waals surface area contributed by atoms with Gasteiger partial charge in [-0.05, 0) is 57.3 Å². The Bertz CT molecular complexity index is 1690. The lowest BCUT2D eigenvalue weighted by Crippen LogP contribution is -2.34. The molecule has 8 nitrogen and oxygen atoms in total. The Kier molecular flexibility index (Phi) is 16.9. The Morgan fingerprint density at radius 1 is 0.830 bits per heavy atom. The molecule has 0 saturated carbocycles. The number of thiazole rings is 1. The molecule has 0 spiro atoms. The van der Waals surface area contributed by atoms with E-state index in [4.69, 9.17) is 20.1 Å². The smallest absolute Gasteiger partial charge is 0.291 e. The summed E-state index contributed by atoms with van der Waals surface area (Å²) in [6.07, 6.45) is 15.9. The molecular weight excluding hydrogens is 675 g/mol. The van der Waals surface area contributed by atoms with Crippen molar-refractivity contribution in [3.63, 3.8) is 0 Å². The van der Waals surface area contributed by atoms with Gasteiger partial charge in [-0.1, -0.05) is 147 Å². The summed E-state index contributed by atoms with van der Waals surface area (Å²) in [5, 5.41) is 17.0. The Hall–Kier alpha value is -3.64. The minimum atomic E-state index is -0.401. The number of nitriles is 1. The molecule has 0 N–H and O–H groups in total. The first-order chi connectivity index (χ1) is 25.8. The van der Waals surface area contributed by atoms with Gasteiger partial charge >= 0.3 is 0 Å². The van der Waals surface area contributed by atoms with E-state index in [1.807, 2.05) is 0 Å². The Balaban J connectivity index is 1.96. The van der Waals surface area contributed by atoms with Gasteiger partial charge in [0.2, 0.25) is 0 Å². The first-order valence-corrected chi connectivity index (χ1v) is 21.7. The van der Waals surface area contributed by atoms with Gasteiger partial charge in [-0.25, -0.2) is 15.0 Å². The SMILES string of the molecule is CCCCC1=C(C#N)C(=O)n2nc(C(CC)CCCC)nc2/C1=N\c1sc(N(CC(CC)CCCC)CC(CC)CCCC)nc1-c1ccc(C)cc1. The van der Waals surface area contributed by atoms with Gasteiger partial charge in [-0.3, -0.25) is 4.79 Å². The molecule has 3 unspecified atom stereocenters. The number of nitrogens with zero attached hydrogens (tertiary/aromatic N) is 7. The van der Waals surface area contributed by atoms with E-state index in [2.05, 4.69) is 90.6 Å². The summed E-state index contributed by atoms with van der Waals surface area (Å²) >= 11 is 1.63. The summed E-state index contributed by atoms with van der Waals surface area (Å²) in [4.78, 5) is 32.4. The van der Waals surface area contributed by atoms with Gasteiger partial charge < -0.3 is 4.90 Å². The van der Waals surface area contributed by atoms with E-state index >= 15 is 0 Å². The third kappa shape index (κ3) is 10.7. The molecule has 9 heteroatoms. The van der Waals surface area contributed by atoms with Crippen LogP contribution in [-0.4, -0.2) is 44.5 Å². The van der Waals surface area contributed by atoms with Crippen molar-refractivity contribution in [2.75, 3.05) is 18.0 Å². The molecular formula is C44H65N7OS. The van der Waals surface area contributed by atoms with Crippen molar-refractivity contribution in [2.45, 2.75) is 158 Å². The zero-order chi connectivity index (χ0) is 38.3. The lowest BCUT2D eigenvalue weighted by atomic mass is 9.94. The fourth-order valence-corrected chi connectivity index (χ4v) is 8.27. The monoisotopic (exact) mass is 739 g/mol. The molecule has 288 valence electrons. The molecule has 3 heterocycles. The molecule has 1 aromatic carbocycles. The van der Waals surface area contributed by atoms with Crippen molar-refractivity contribution in [2.24, 2.45) is 16.8 Å². The van der Waals surface area contributed by atoms with E-state index in [1.165, 1.54) is 48.8 Å². The maximum Gasteiger partial charge on any atom is 0.291 e. The highest BCUT2D eigenvalue weighted by Gasteiger charge is 2.35. The summed E-state index contributed by atoms with van der Waals surface area (Å²) in [7, 11) is 0. The second-order valence-electron chi connectivity index (χ2n) is 15.0. The Morgan fingerprint density at radius 3 is 1.98 bits per heavy atom. The number of hydrogen-bond acceptors (Lipinski definition) is 8. The predicted octanol–water partition coefficient (Wildman–Crippen LogP) is 12.4. The number of carbonyl (C=O) groups is 1. The van der Waals surface area contributed by atoms with Gasteiger partial charge in [0.05, 0.1) is 0 Å². The first kappa shape index (κ1) is 42.1. The van der Waals surface area contributed by atoms with E-state index in [0.717, 1.165) is 85.8 Å². The fraction of sp³-hybridized carbons (Fsp3) is 0.636. The summed E-state index contributed by atoms with van der Waals surface area (Å²) in [6.45, 7) is 19.7. The lowest BCUT2D eigenvalue weighted by Gasteiger charge is -2.30. The second kappa shape index (κ2) is 21.3. The molecule has 0 radical (unpaired) electrons. The Labute approximate surface area is 324 Å². The van der Waals surface area contributed by atoms with Crippen molar-refractivity contribution < 1.29 is 4.79 Å². The van der Waals surface area contributed by atoms with Crippen LogP contribution in [0.2, 0.25) is 0 Å². The number of hydrogen-bond donors (Lipinski definition) is 0. The van der Waals surface area contributed by atoms with Crippen LogP contribution in [-0.2, 0) is 0 Å². The van der Waals surface area contributed by atoms with Gasteiger partial charge in [0, 0.05) is 30.1 Å². The number of aliphatic imine (C=N–C) groups is 1. The van der Waals surface area contributed by atoms with E-state index in [0.29, 0.717) is 41.2 Å². The molecule has 53 heavy (non-hydrogen) atoms. The largest absolute Gasteiger partial charge is 0.347 e. The van der Waals surface area contributed by atoms with Crippen molar-refractivity contribution in [3.8, 4) is 17.3 Å². The number of rotatable bonds is 23. The molecule has 0 fully saturated rings. The van der Waals surface area contributed by atoms with E-state index in [1.54, 1.807) is 11.3 Å². The molecule has 0 amide bonds. The van der Waals surface area contributed by atoms with Gasteiger partial charge in [-0.15, -0.1) is 5.10 Å². The zero-order valence-corrected chi connectivity index (χ0v) is 34.8.